The first-order chi connectivity index (χ1) is 6.26. The van der Waals surface area contributed by atoms with Crippen LogP contribution in [0.5, 0.6) is 0 Å². The molecule has 0 amide bonds. The summed E-state index contributed by atoms with van der Waals surface area (Å²) in [4.78, 5) is 0. The zero-order valence-corrected chi connectivity index (χ0v) is 9.61. The summed E-state index contributed by atoms with van der Waals surface area (Å²) in [5, 5.41) is 4.16. The highest BCUT2D eigenvalue weighted by Crippen LogP contribution is 2.23. The van der Waals surface area contributed by atoms with Crippen molar-refractivity contribution in [1.29, 1.82) is 0 Å². The first-order valence-electron chi connectivity index (χ1n) is 5.66. The Hall–Kier alpha value is 0.250. The average Bonchev–Trinajstić information content (AvgIpc) is 2.17. The number of hydrogen-bond acceptors (Lipinski definition) is 1. The van der Waals surface area contributed by atoms with Crippen molar-refractivity contribution in [2.45, 2.75) is 69.8 Å². The highest BCUT2D eigenvalue weighted by Gasteiger charge is 2.20. The van der Waals surface area contributed by atoms with Crippen molar-refractivity contribution >= 4 is 11.6 Å². The molecule has 78 valence electrons. The minimum absolute atomic E-state index is 0.444. The minimum atomic E-state index is 0.444. The maximum Gasteiger partial charge on any atom is 0.0337 e. The Labute approximate surface area is 87.2 Å². The van der Waals surface area contributed by atoms with E-state index in [1.54, 1.807) is 0 Å². The van der Waals surface area contributed by atoms with Gasteiger partial charge in [-0.15, -0.1) is 11.6 Å². The molecular weight excluding hydrogens is 182 g/mol. The smallest absolute Gasteiger partial charge is 0.0337 e. The fraction of sp³-hybridized carbons (Fsp3) is 1.00. The monoisotopic (exact) mass is 203 g/mol. The van der Waals surface area contributed by atoms with E-state index >= 15 is 0 Å². The molecular formula is C11H22ClN. The summed E-state index contributed by atoms with van der Waals surface area (Å²) < 4.78 is 0. The van der Waals surface area contributed by atoms with E-state index in [1.807, 2.05) is 0 Å². The molecule has 0 aliphatic heterocycles. The van der Waals surface area contributed by atoms with Crippen molar-refractivity contribution in [1.82, 2.24) is 5.32 Å². The molecule has 1 fully saturated rings. The van der Waals surface area contributed by atoms with Crippen molar-refractivity contribution in [3.63, 3.8) is 0 Å². The maximum absolute atomic E-state index is 6.06. The summed E-state index contributed by atoms with van der Waals surface area (Å²) in [6.45, 7) is 4.52. The van der Waals surface area contributed by atoms with Crippen LogP contribution >= 0.6 is 11.6 Å². The minimum Gasteiger partial charge on any atom is -0.311 e. The summed E-state index contributed by atoms with van der Waals surface area (Å²) in [5.74, 6) is 0. The van der Waals surface area contributed by atoms with Crippen LogP contribution in [0.15, 0.2) is 0 Å². The predicted octanol–water partition coefficient (Wildman–Crippen LogP) is 3.31. The molecule has 0 spiro atoms. The molecule has 1 saturated carbocycles. The number of rotatable bonds is 4. The van der Waals surface area contributed by atoms with Crippen molar-refractivity contribution in [3.8, 4) is 0 Å². The second-order valence-corrected chi connectivity index (χ2v) is 4.75. The van der Waals surface area contributed by atoms with Gasteiger partial charge in [-0.1, -0.05) is 13.8 Å². The Kier molecular flexibility index (Phi) is 5.12. The van der Waals surface area contributed by atoms with Gasteiger partial charge in [-0.25, -0.2) is 0 Å². The molecule has 1 rings (SSSR count). The molecule has 0 atom stereocenters. The van der Waals surface area contributed by atoms with E-state index in [0.717, 1.165) is 12.1 Å². The van der Waals surface area contributed by atoms with Gasteiger partial charge in [0.15, 0.2) is 0 Å². The molecule has 0 aromatic rings. The Morgan fingerprint density at radius 3 is 2.15 bits per heavy atom. The van der Waals surface area contributed by atoms with Crippen LogP contribution in [0.3, 0.4) is 0 Å². The molecule has 0 heterocycles. The third-order valence-electron chi connectivity index (χ3n) is 3.11. The van der Waals surface area contributed by atoms with Crippen LogP contribution in [-0.4, -0.2) is 17.5 Å². The van der Waals surface area contributed by atoms with Crippen LogP contribution in [0.4, 0.5) is 0 Å². The third-order valence-corrected chi connectivity index (χ3v) is 3.55. The van der Waals surface area contributed by atoms with Crippen molar-refractivity contribution < 1.29 is 0 Å². The highest BCUT2D eigenvalue weighted by molar-refractivity contribution is 6.20. The Balaban J connectivity index is 2.21. The molecule has 1 aliphatic carbocycles. The third kappa shape index (κ3) is 3.86. The van der Waals surface area contributed by atoms with E-state index in [0.29, 0.717) is 5.38 Å². The van der Waals surface area contributed by atoms with Gasteiger partial charge in [0.25, 0.3) is 0 Å². The summed E-state index contributed by atoms with van der Waals surface area (Å²) in [6, 6.07) is 1.46. The van der Waals surface area contributed by atoms with Crippen molar-refractivity contribution in [2.24, 2.45) is 0 Å². The molecule has 0 bridgehead atoms. The van der Waals surface area contributed by atoms with Gasteiger partial charge in [-0.3, -0.25) is 0 Å². The van der Waals surface area contributed by atoms with Crippen LogP contribution in [0.1, 0.15) is 52.4 Å². The fourth-order valence-electron chi connectivity index (χ4n) is 2.08. The molecule has 0 aromatic carbocycles. The van der Waals surface area contributed by atoms with E-state index in [4.69, 9.17) is 11.6 Å². The van der Waals surface area contributed by atoms with Gasteiger partial charge in [0.2, 0.25) is 0 Å². The van der Waals surface area contributed by atoms with Crippen LogP contribution < -0.4 is 5.32 Å². The zero-order chi connectivity index (χ0) is 9.68. The number of alkyl halides is 1. The maximum atomic E-state index is 6.06. The molecule has 0 radical (unpaired) electrons. The van der Waals surface area contributed by atoms with Crippen LogP contribution in [0, 0.1) is 0 Å². The Morgan fingerprint density at radius 1 is 1.15 bits per heavy atom. The molecule has 2 heteroatoms. The predicted molar refractivity (Wildman–Crippen MR) is 59.4 cm³/mol. The topological polar surface area (TPSA) is 12.0 Å². The van der Waals surface area contributed by atoms with Crippen molar-refractivity contribution in [3.05, 3.63) is 0 Å². The lowest BCUT2D eigenvalue weighted by molar-refractivity contribution is 0.329. The van der Waals surface area contributed by atoms with Gasteiger partial charge in [0.1, 0.15) is 0 Å². The first kappa shape index (κ1) is 11.3. The van der Waals surface area contributed by atoms with E-state index in [-0.39, 0.29) is 0 Å². The summed E-state index contributed by atoms with van der Waals surface area (Å²) >= 11 is 6.06. The van der Waals surface area contributed by atoms with Gasteiger partial charge in [0.05, 0.1) is 0 Å². The van der Waals surface area contributed by atoms with Gasteiger partial charge >= 0.3 is 0 Å². The highest BCUT2D eigenvalue weighted by atomic mass is 35.5. The molecule has 0 saturated heterocycles. The van der Waals surface area contributed by atoms with E-state index in [9.17, 15) is 0 Å². The molecule has 13 heavy (non-hydrogen) atoms. The largest absolute Gasteiger partial charge is 0.311 e. The number of hydrogen-bond donors (Lipinski definition) is 1. The summed E-state index contributed by atoms with van der Waals surface area (Å²) in [6.07, 6.45) is 7.42. The molecule has 1 aliphatic rings. The summed E-state index contributed by atoms with van der Waals surface area (Å²) in [7, 11) is 0. The van der Waals surface area contributed by atoms with Crippen molar-refractivity contribution in [2.75, 3.05) is 0 Å². The second kappa shape index (κ2) is 5.87. The first-order valence-corrected chi connectivity index (χ1v) is 6.10. The van der Waals surface area contributed by atoms with Gasteiger partial charge in [-0.05, 0) is 38.5 Å². The lowest BCUT2D eigenvalue weighted by Crippen LogP contribution is -2.40. The SMILES string of the molecule is CCC(CC)NC1CCC(Cl)CC1. The standard InChI is InChI=1S/C11H22ClN/c1-3-10(4-2)13-11-7-5-9(12)6-8-11/h9-11,13H,3-8H2,1-2H3. The molecule has 1 N–H and O–H groups in total. The van der Waals surface area contributed by atoms with E-state index in [2.05, 4.69) is 19.2 Å². The van der Waals surface area contributed by atoms with Crippen LogP contribution in [-0.2, 0) is 0 Å². The number of halogens is 1. The van der Waals surface area contributed by atoms with Gasteiger partial charge in [-0.2, -0.15) is 0 Å². The molecule has 0 aromatic heterocycles. The fourth-order valence-corrected chi connectivity index (χ4v) is 2.33. The lowest BCUT2D eigenvalue weighted by Gasteiger charge is -2.29. The average molecular weight is 204 g/mol. The Morgan fingerprint density at radius 2 is 1.69 bits per heavy atom. The van der Waals surface area contributed by atoms with Gasteiger partial charge < -0.3 is 5.32 Å². The zero-order valence-electron chi connectivity index (χ0n) is 8.85. The van der Waals surface area contributed by atoms with Crippen LogP contribution in [0.25, 0.3) is 0 Å². The molecule has 1 nitrogen and oxygen atoms in total. The normalized spacial score (nSPS) is 29.5. The molecule has 0 unspecified atom stereocenters. The quantitative estimate of drug-likeness (QED) is 0.692. The second-order valence-electron chi connectivity index (χ2n) is 4.13. The summed E-state index contributed by atoms with van der Waals surface area (Å²) in [5.41, 5.74) is 0. The van der Waals surface area contributed by atoms with E-state index in [1.165, 1.54) is 38.5 Å². The van der Waals surface area contributed by atoms with Crippen LogP contribution in [0.2, 0.25) is 0 Å². The Bertz CT molecular complexity index is 126. The number of nitrogens with one attached hydrogen (secondary N) is 1. The lowest BCUT2D eigenvalue weighted by atomic mass is 9.94. The van der Waals surface area contributed by atoms with Gasteiger partial charge in [0, 0.05) is 17.5 Å². The van der Waals surface area contributed by atoms with E-state index < -0.39 is 0 Å².